The molecule has 0 fully saturated rings. The second-order valence-corrected chi connectivity index (χ2v) is 5.34. The highest BCUT2D eigenvalue weighted by molar-refractivity contribution is 5.81. The van der Waals surface area contributed by atoms with Crippen molar-refractivity contribution in [2.75, 3.05) is 5.32 Å². The van der Waals surface area contributed by atoms with Crippen LogP contribution in [0.5, 0.6) is 5.75 Å². The summed E-state index contributed by atoms with van der Waals surface area (Å²) < 4.78 is 0. The molecular formula is C20H19NO. The van der Waals surface area contributed by atoms with Gasteiger partial charge in [-0.05, 0) is 24.6 Å². The van der Waals surface area contributed by atoms with Crippen molar-refractivity contribution in [3.05, 3.63) is 84.4 Å². The van der Waals surface area contributed by atoms with Crippen molar-refractivity contribution >= 4 is 5.69 Å². The van der Waals surface area contributed by atoms with Crippen LogP contribution >= 0.6 is 0 Å². The van der Waals surface area contributed by atoms with Crippen LogP contribution in [0.15, 0.2) is 78.9 Å². The van der Waals surface area contributed by atoms with Gasteiger partial charge in [0.05, 0.1) is 0 Å². The predicted octanol–water partition coefficient (Wildman–Crippen LogP) is 5.23. The van der Waals surface area contributed by atoms with Crippen molar-refractivity contribution in [3.63, 3.8) is 0 Å². The van der Waals surface area contributed by atoms with Crippen molar-refractivity contribution in [3.8, 4) is 16.9 Å². The summed E-state index contributed by atoms with van der Waals surface area (Å²) in [7, 11) is 0. The van der Waals surface area contributed by atoms with Gasteiger partial charge in [0.2, 0.25) is 0 Å². The molecule has 2 heteroatoms. The van der Waals surface area contributed by atoms with Crippen LogP contribution in [-0.2, 0) is 0 Å². The second-order valence-electron chi connectivity index (χ2n) is 5.34. The average molecular weight is 289 g/mol. The van der Waals surface area contributed by atoms with Crippen molar-refractivity contribution in [1.82, 2.24) is 0 Å². The van der Waals surface area contributed by atoms with E-state index in [1.807, 2.05) is 60.7 Å². The number of hydrogen-bond donors (Lipinski definition) is 2. The molecule has 0 aliphatic rings. The van der Waals surface area contributed by atoms with E-state index in [4.69, 9.17) is 0 Å². The SMILES string of the molecule is CC(Nc1ccccc1-c1ccccc1O)c1ccccc1. The molecule has 110 valence electrons. The first-order valence-corrected chi connectivity index (χ1v) is 7.44. The van der Waals surface area contributed by atoms with Crippen LogP contribution in [0.4, 0.5) is 5.69 Å². The first kappa shape index (κ1) is 14.2. The number of benzene rings is 3. The first-order chi connectivity index (χ1) is 10.8. The third-order valence-electron chi connectivity index (χ3n) is 3.79. The Hall–Kier alpha value is -2.74. The number of phenols is 1. The van der Waals surface area contributed by atoms with Gasteiger partial charge in [-0.3, -0.25) is 0 Å². The molecule has 0 saturated heterocycles. The zero-order valence-electron chi connectivity index (χ0n) is 12.5. The van der Waals surface area contributed by atoms with Gasteiger partial charge in [-0.2, -0.15) is 0 Å². The van der Waals surface area contributed by atoms with E-state index in [0.29, 0.717) is 5.75 Å². The van der Waals surface area contributed by atoms with E-state index in [1.54, 1.807) is 6.07 Å². The van der Waals surface area contributed by atoms with E-state index in [1.165, 1.54) is 5.56 Å². The standard InChI is InChI=1S/C20H19NO/c1-15(16-9-3-2-4-10-16)21-19-13-7-5-11-17(19)18-12-6-8-14-20(18)22/h2-15,21-22H,1H3. The molecule has 0 spiro atoms. The fraction of sp³-hybridized carbons (Fsp3) is 0.100. The van der Waals surface area contributed by atoms with Crippen molar-refractivity contribution in [2.45, 2.75) is 13.0 Å². The Balaban J connectivity index is 1.94. The molecule has 1 unspecified atom stereocenters. The molecule has 0 aliphatic carbocycles. The van der Waals surface area contributed by atoms with E-state index in [9.17, 15) is 5.11 Å². The number of para-hydroxylation sites is 2. The van der Waals surface area contributed by atoms with Crippen LogP contribution in [0, 0.1) is 0 Å². The lowest BCUT2D eigenvalue weighted by molar-refractivity contribution is 0.477. The van der Waals surface area contributed by atoms with Crippen LogP contribution in [0.1, 0.15) is 18.5 Å². The van der Waals surface area contributed by atoms with Gasteiger partial charge in [0.1, 0.15) is 5.75 Å². The molecule has 3 rings (SSSR count). The third-order valence-corrected chi connectivity index (χ3v) is 3.79. The van der Waals surface area contributed by atoms with E-state index >= 15 is 0 Å². The van der Waals surface area contributed by atoms with Crippen LogP contribution in [0.25, 0.3) is 11.1 Å². The molecule has 1 atom stereocenters. The van der Waals surface area contributed by atoms with E-state index < -0.39 is 0 Å². The quantitative estimate of drug-likeness (QED) is 0.689. The van der Waals surface area contributed by atoms with Crippen molar-refractivity contribution < 1.29 is 5.11 Å². The maximum Gasteiger partial charge on any atom is 0.123 e. The number of anilines is 1. The summed E-state index contributed by atoms with van der Waals surface area (Å²) in [6.07, 6.45) is 0. The Morgan fingerprint density at radius 1 is 0.727 bits per heavy atom. The van der Waals surface area contributed by atoms with Crippen molar-refractivity contribution in [1.29, 1.82) is 0 Å². The van der Waals surface area contributed by atoms with Crippen LogP contribution < -0.4 is 5.32 Å². The molecule has 0 amide bonds. The number of phenolic OH excluding ortho intramolecular Hbond substituents is 1. The third kappa shape index (κ3) is 2.96. The normalized spacial score (nSPS) is 11.9. The number of nitrogens with one attached hydrogen (secondary N) is 1. The minimum atomic E-state index is 0.188. The van der Waals surface area contributed by atoms with E-state index in [-0.39, 0.29) is 6.04 Å². The summed E-state index contributed by atoms with van der Waals surface area (Å²) in [4.78, 5) is 0. The minimum absolute atomic E-state index is 0.188. The van der Waals surface area contributed by atoms with Crippen LogP contribution in [0.3, 0.4) is 0 Å². The minimum Gasteiger partial charge on any atom is -0.507 e. The highest BCUT2D eigenvalue weighted by Gasteiger charge is 2.11. The second kappa shape index (κ2) is 6.35. The summed E-state index contributed by atoms with van der Waals surface area (Å²) in [6, 6.07) is 26.0. The highest BCUT2D eigenvalue weighted by Crippen LogP contribution is 2.35. The smallest absolute Gasteiger partial charge is 0.123 e. The number of hydrogen-bond acceptors (Lipinski definition) is 2. The Morgan fingerprint density at radius 3 is 2.05 bits per heavy atom. The number of aromatic hydroxyl groups is 1. The largest absolute Gasteiger partial charge is 0.507 e. The Kier molecular flexibility index (Phi) is 4.10. The number of rotatable bonds is 4. The van der Waals surface area contributed by atoms with Gasteiger partial charge >= 0.3 is 0 Å². The molecule has 2 nitrogen and oxygen atoms in total. The lowest BCUT2D eigenvalue weighted by atomic mass is 10.0. The maximum atomic E-state index is 10.1. The maximum absolute atomic E-state index is 10.1. The summed E-state index contributed by atoms with van der Waals surface area (Å²) in [5.74, 6) is 0.295. The lowest BCUT2D eigenvalue weighted by Gasteiger charge is -2.19. The van der Waals surface area contributed by atoms with Gasteiger partial charge in [0, 0.05) is 22.9 Å². The molecule has 0 aromatic heterocycles. The molecule has 0 bridgehead atoms. The average Bonchev–Trinajstić information content (AvgIpc) is 2.57. The molecule has 3 aromatic carbocycles. The Bertz CT molecular complexity index is 752. The van der Waals surface area contributed by atoms with Gasteiger partial charge in [0.15, 0.2) is 0 Å². The highest BCUT2D eigenvalue weighted by atomic mass is 16.3. The van der Waals surface area contributed by atoms with Gasteiger partial charge in [-0.25, -0.2) is 0 Å². The Morgan fingerprint density at radius 2 is 1.32 bits per heavy atom. The Labute approximate surface area is 131 Å². The first-order valence-electron chi connectivity index (χ1n) is 7.44. The van der Waals surface area contributed by atoms with Crippen LogP contribution in [-0.4, -0.2) is 5.11 Å². The zero-order valence-corrected chi connectivity index (χ0v) is 12.5. The molecule has 0 radical (unpaired) electrons. The lowest BCUT2D eigenvalue weighted by Crippen LogP contribution is -2.07. The molecule has 0 heterocycles. The molecule has 0 saturated carbocycles. The fourth-order valence-corrected chi connectivity index (χ4v) is 2.60. The molecule has 3 aromatic rings. The molecule has 22 heavy (non-hydrogen) atoms. The van der Waals surface area contributed by atoms with Gasteiger partial charge in [-0.1, -0.05) is 66.7 Å². The van der Waals surface area contributed by atoms with E-state index in [2.05, 4.69) is 24.4 Å². The molecule has 2 N–H and O–H groups in total. The summed E-state index contributed by atoms with van der Waals surface area (Å²) in [5.41, 5.74) is 4.09. The summed E-state index contributed by atoms with van der Waals surface area (Å²) >= 11 is 0. The van der Waals surface area contributed by atoms with E-state index in [0.717, 1.165) is 16.8 Å². The molecule has 0 aliphatic heterocycles. The van der Waals surface area contributed by atoms with Crippen LogP contribution in [0.2, 0.25) is 0 Å². The van der Waals surface area contributed by atoms with Gasteiger partial charge < -0.3 is 10.4 Å². The zero-order chi connectivity index (χ0) is 15.4. The van der Waals surface area contributed by atoms with Gasteiger partial charge in [-0.15, -0.1) is 0 Å². The summed E-state index contributed by atoms with van der Waals surface area (Å²) in [5, 5.41) is 13.7. The van der Waals surface area contributed by atoms with Crippen molar-refractivity contribution in [2.24, 2.45) is 0 Å². The monoisotopic (exact) mass is 289 g/mol. The molecular weight excluding hydrogens is 270 g/mol. The summed E-state index contributed by atoms with van der Waals surface area (Å²) in [6.45, 7) is 2.14. The topological polar surface area (TPSA) is 32.3 Å². The van der Waals surface area contributed by atoms with Gasteiger partial charge in [0.25, 0.3) is 0 Å². The fourth-order valence-electron chi connectivity index (χ4n) is 2.60. The predicted molar refractivity (Wildman–Crippen MR) is 92.0 cm³/mol.